The molecule has 106 valence electrons. The van der Waals surface area contributed by atoms with Crippen molar-refractivity contribution in [3.63, 3.8) is 0 Å². The molecule has 4 rings (SSSR count). The Labute approximate surface area is 124 Å². The minimum absolute atomic E-state index is 0.370. The summed E-state index contributed by atoms with van der Waals surface area (Å²) < 4.78 is 1.96. The number of aromatic nitrogens is 2. The molecule has 0 amide bonds. The molecule has 1 aliphatic rings. The van der Waals surface area contributed by atoms with E-state index in [1.165, 1.54) is 23.1 Å². The number of nitrogens with zero attached hydrogens (tertiary/aromatic N) is 2. The molecule has 0 spiro atoms. The Hall–Kier alpha value is -2.13. The van der Waals surface area contributed by atoms with Crippen LogP contribution in [0.4, 0.5) is 0 Å². The molecule has 21 heavy (non-hydrogen) atoms. The normalized spacial score (nSPS) is 22.3. The first-order chi connectivity index (χ1) is 10.4. The molecule has 1 fully saturated rings. The fourth-order valence-corrected chi connectivity index (χ4v) is 3.46. The minimum atomic E-state index is 0.370. The van der Waals surface area contributed by atoms with Crippen LogP contribution in [-0.4, -0.2) is 16.7 Å². The smallest absolute Gasteiger partial charge is 0.0709 e. The fourth-order valence-electron chi connectivity index (χ4n) is 3.46. The number of hydrogen-bond donors (Lipinski definition) is 1. The van der Waals surface area contributed by atoms with Crippen LogP contribution in [0.2, 0.25) is 0 Å². The van der Waals surface area contributed by atoms with Gasteiger partial charge in [-0.15, -0.1) is 0 Å². The van der Waals surface area contributed by atoms with E-state index in [0.29, 0.717) is 17.9 Å². The van der Waals surface area contributed by atoms with Crippen molar-refractivity contribution < 1.29 is 0 Å². The van der Waals surface area contributed by atoms with Crippen LogP contribution in [0.3, 0.4) is 0 Å². The molecule has 3 aromatic rings. The van der Waals surface area contributed by atoms with Gasteiger partial charge in [-0.05, 0) is 43.0 Å². The van der Waals surface area contributed by atoms with Gasteiger partial charge in [0.05, 0.1) is 11.7 Å². The third kappa shape index (κ3) is 2.14. The van der Waals surface area contributed by atoms with Crippen molar-refractivity contribution >= 4 is 5.52 Å². The van der Waals surface area contributed by atoms with E-state index in [4.69, 9.17) is 0 Å². The van der Waals surface area contributed by atoms with Gasteiger partial charge in [-0.2, -0.15) is 5.10 Å². The lowest BCUT2D eigenvalue weighted by Gasteiger charge is -2.15. The van der Waals surface area contributed by atoms with E-state index in [1.807, 2.05) is 23.0 Å². The molecule has 2 heterocycles. The summed E-state index contributed by atoms with van der Waals surface area (Å²) >= 11 is 0. The quantitative estimate of drug-likeness (QED) is 0.792. The van der Waals surface area contributed by atoms with Gasteiger partial charge in [-0.25, -0.2) is 4.52 Å². The van der Waals surface area contributed by atoms with Crippen molar-refractivity contribution in [2.24, 2.45) is 5.92 Å². The van der Waals surface area contributed by atoms with Gasteiger partial charge in [0.1, 0.15) is 0 Å². The van der Waals surface area contributed by atoms with Crippen molar-refractivity contribution in [2.45, 2.75) is 18.4 Å². The fraction of sp³-hybridized carbons (Fsp3) is 0.278. The van der Waals surface area contributed by atoms with Crippen LogP contribution in [0.1, 0.15) is 29.5 Å². The van der Waals surface area contributed by atoms with E-state index in [2.05, 4.69) is 59.9 Å². The molecule has 0 aliphatic heterocycles. The summed E-state index contributed by atoms with van der Waals surface area (Å²) in [5, 5.41) is 7.98. The predicted molar refractivity (Wildman–Crippen MR) is 84.3 cm³/mol. The molecule has 3 nitrogen and oxygen atoms in total. The van der Waals surface area contributed by atoms with Crippen molar-refractivity contribution in [1.82, 2.24) is 14.9 Å². The highest BCUT2D eigenvalue weighted by atomic mass is 15.2. The van der Waals surface area contributed by atoms with Gasteiger partial charge in [0.15, 0.2) is 0 Å². The lowest BCUT2D eigenvalue weighted by Crippen LogP contribution is -2.18. The summed E-state index contributed by atoms with van der Waals surface area (Å²) in [5.41, 5.74) is 3.97. The van der Waals surface area contributed by atoms with Gasteiger partial charge < -0.3 is 5.32 Å². The Morgan fingerprint density at radius 2 is 1.95 bits per heavy atom. The van der Waals surface area contributed by atoms with E-state index >= 15 is 0 Å². The largest absolute Gasteiger partial charge is 0.313 e. The highest BCUT2D eigenvalue weighted by Gasteiger charge is 2.44. The van der Waals surface area contributed by atoms with Crippen LogP contribution >= 0.6 is 0 Å². The second-order valence-electron chi connectivity index (χ2n) is 5.81. The van der Waals surface area contributed by atoms with Gasteiger partial charge >= 0.3 is 0 Å². The lowest BCUT2D eigenvalue weighted by atomic mass is 10.00. The number of rotatable bonds is 4. The molecule has 0 bridgehead atoms. The zero-order valence-corrected chi connectivity index (χ0v) is 12.1. The second-order valence-corrected chi connectivity index (χ2v) is 5.81. The summed E-state index contributed by atoms with van der Waals surface area (Å²) in [5.74, 6) is 1.33. The summed E-state index contributed by atoms with van der Waals surface area (Å²) in [4.78, 5) is 0. The Morgan fingerprint density at radius 1 is 1.14 bits per heavy atom. The molecule has 0 saturated heterocycles. The molecule has 3 unspecified atom stereocenters. The van der Waals surface area contributed by atoms with Gasteiger partial charge in [-0.1, -0.05) is 36.4 Å². The zero-order valence-electron chi connectivity index (χ0n) is 12.1. The molecule has 3 atom stereocenters. The maximum absolute atomic E-state index is 4.47. The van der Waals surface area contributed by atoms with E-state index in [9.17, 15) is 0 Å². The van der Waals surface area contributed by atoms with Gasteiger partial charge in [0.25, 0.3) is 0 Å². The van der Waals surface area contributed by atoms with Crippen molar-refractivity contribution in [2.75, 3.05) is 7.05 Å². The maximum atomic E-state index is 4.47. The molecule has 0 radical (unpaired) electrons. The summed E-state index contributed by atoms with van der Waals surface area (Å²) in [7, 11) is 2.05. The van der Waals surface area contributed by atoms with Crippen molar-refractivity contribution in [3.8, 4) is 0 Å². The molecule has 1 saturated carbocycles. The second kappa shape index (κ2) is 5.01. The number of pyridine rings is 1. The third-order valence-electron chi connectivity index (χ3n) is 4.60. The summed E-state index contributed by atoms with van der Waals surface area (Å²) in [6.07, 6.45) is 5.27. The number of nitrogens with one attached hydrogen (secondary N) is 1. The van der Waals surface area contributed by atoms with E-state index in [1.54, 1.807) is 0 Å². The third-order valence-corrected chi connectivity index (χ3v) is 4.60. The maximum Gasteiger partial charge on any atom is 0.0709 e. The Bertz CT molecular complexity index is 747. The molecule has 2 aromatic heterocycles. The Balaban J connectivity index is 1.65. The Kier molecular flexibility index (Phi) is 3.00. The first kappa shape index (κ1) is 12.6. The van der Waals surface area contributed by atoms with Crippen molar-refractivity contribution in [3.05, 3.63) is 72.1 Å². The SMILES string of the molecule is CNC(c1cnn2ccccc12)C1CC1c1ccccc1. The molecule has 1 N–H and O–H groups in total. The van der Waals surface area contributed by atoms with Crippen molar-refractivity contribution in [1.29, 1.82) is 0 Å². The molecule has 1 aliphatic carbocycles. The van der Waals surface area contributed by atoms with Crippen LogP contribution in [0.5, 0.6) is 0 Å². The van der Waals surface area contributed by atoms with Gasteiger partial charge in [0, 0.05) is 17.8 Å². The van der Waals surface area contributed by atoms with E-state index < -0.39 is 0 Å². The number of fused-ring (bicyclic) bond motifs is 1. The van der Waals surface area contributed by atoms with Crippen LogP contribution in [0.25, 0.3) is 5.52 Å². The molecule has 1 aromatic carbocycles. The predicted octanol–water partition coefficient (Wildman–Crippen LogP) is 3.40. The van der Waals surface area contributed by atoms with Crippen LogP contribution in [-0.2, 0) is 0 Å². The first-order valence-electron chi connectivity index (χ1n) is 7.53. The summed E-state index contributed by atoms with van der Waals surface area (Å²) in [6.45, 7) is 0. The topological polar surface area (TPSA) is 29.3 Å². The Morgan fingerprint density at radius 3 is 2.76 bits per heavy atom. The number of hydrogen-bond acceptors (Lipinski definition) is 2. The molecule has 3 heteroatoms. The van der Waals surface area contributed by atoms with Crippen LogP contribution in [0.15, 0.2) is 60.9 Å². The van der Waals surface area contributed by atoms with E-state index in [-0.39, 0.29) is 0 Å². The lowest BCUT2D eigenvalue weighted by molar-refractivity contribution is 0.521. The average Bonchev–Trinajstić information content (AvgIpc) is 3.22. The summed E-state index contributed by atoms with van der Waals surface area (Å²) in [6, 6.07) is 17.4. The highest BCUT2D eigenvalue weighted by molar-refractivity contribution is 5.55. The standard InChI is InChI=1S/C18H19N3/c1-19-18(15-11-14(15)13-7-3-2-4-8-13)16-12-20-21-10-6-5-9-17(16)21/h2-10,12,14-15,18-19H,11H2,1H3. The molecular formula is C18H19N3. The highest BCUT2D eigenvalue weighted by Crippen LogP contribution is 2.54. The van der Waals surface area contributed by atoms with Gasteiger partial charge in [0.2, 0.25) is 0 Å². The van der Waals surface area contributed by atoms with Crippen LogP contribution < -0.4 is 5.32 Å². The minimum Gasteiger partial charge on any atom is -0.313 e. The van der Waals surface area contributed by atoms with Gasteiger partial charge in [-0.3, -0.25) is 0 Å². The molecular weight excluding hydrogens is 258 g/mol. The monoisotopic (exact) mass is 277 g/mol. The average molecular weight is 277 g/mol. The van der Waals surface area contributed by atoms with Crippen LogP contribution in [0, 0.1) is 5.92 Å². The number of benzene rings is 1. The zero-order chi connectivity index (χ0) is 14.2. The first-order valence-corrected chi connectivity index (χ1v) is 7.53. The van der Waals surface area contributed by atoms with E-state index in [0.717, 1.165) is 0 Å².